The number of likely N-dealkylation sites (tertiary alicyclic amines) is 1. The van der Waals surface area contributed by atoms with Crippen molar-refractivity contribution >= 4 is 11.6 Å². The van der Waals surface area contributed by atoms with Gasteiger partial charge in [0.25, 0.3) is 0 Å². The molecule has 1 saturated heterocycles. The average molecular weight is 444 g/mol. The summed E-state index contributed by atoms with van der Waals surface area (Å²) in [7, 11) is 0. The summed E-state index contributed by atoms with van der Waals surface area (Å²) in [5, 5.41) is 0.671. The molecular weight excluding hydrogens is 419 g/mol. The molecule has 1 aliphatic heterocycles. The Labute approximate surface area is 186 Å². The first kappa shape index (κ1) is 21.9. The lowest BCUT2D eigenvalue weighted by atomic mass is 9.72. The van der Waals surface area contributed by atoms with Crippen LogP contribution >= 0.6 is 11.6 Å². The molecule has 0 bridgehead atoms. The predicted octanol–water partition coefficient (Wildman–Crippen LogP) is 7.17. The molecule has 1 heterocycles. The number of nitrogens with zero attached hydrogens (tertiary/aromatic N) is 1. The van der Waals surface area contributed by atoms with Crippen molar-refractivity contribution < 1.29 is 13.2 Å². The second-order valence-electron chi connectivity index (χ2n) is 8.82. The van der Waals surface area contributed by atoms with Crippen molar-refractivity contribution in [3.63, 3.8) is 0 Å². The largest absolute Gasteiger partial charge is 0.292 e. The molecule has 4 rings (SSSR count). The fraction of sp³-hybridized carbons (Fsp3) is 0.308. The lowest BCUT2D eigenvalue weighted by Gasteiger charge is -2.50. The van der Waals surface area contributed by atoms with Gasteiger partial charge in [-0.2, -0.15) is 0 Å². The second-order valence-corrected chi connectivity index (χ2v) is 9.26. The van der Waals surface area contributed by atoms with E-state index >= 15 is 4.39 Å². The average Bonchev–Trinajstić information content (AvgIpc) is 2.66. The molecule has 2 atom stereocenters. The van der Waals surface area contributed by atoms with Crippen LogP contribution < -0.4 is 0 Å². The lowest BCUT2D eigenvalue weighted by Crippen LogP contribution is -2.53. The van der Waals surface area contributed by atoms with Crippen molar-refractivity contribution in [3.8, 4) is 0 Å². The second kappa shape index (κ2) is 8.68. The number of hydrogen-bond acceptors (Lipinski definition) is 1. The van der Waals surface area contributed by atoms with Gasteiger partial charge in [-0.05, 0) is 60.7 Å². The van der Waals surface area contributed by atoms with Crippen molar-refractivity contribution in [1.82, 2.24) is 4.90 Å². The molecule has 0 amide bonds. The molecule has 0 aromatic heterocycles. The number of hydrogen-bond donors (Lipinski definition) is 0. The molecule has 1 aliphatic rings. The van der Waals surface area contributed by atoms with Gasteiger partial charge in [-0.25, -0.2) is 13.2 Å². The summed E-state index contributed by atoms with van der Waals surface area (Å²) in [6, 6.07) is 21.2. The molecule has 3 aromatic rings. The molecule has 31 heavy (non-hydrogen) atoms. The van der Waals surface area contributed by atoms with Gasteiger partial charge in [0.2, 0.25) is 0 Å². The Bertz CT molecular complexity index is 1000. The highest BCUT2D eigenvalue weighted by atomic mass is 35.5. The van der Waals surface area contributed by atoms with E-state index in [4.69, 9.17) is 11.6 Å². The van der Waals surface area contributed by atoms with Crippen molar-refractivity contribution in [3.05, 3.63) is 106 Å². The van der Waals surface area contributed by atoms with Gasteiger partial charge in [-0.3, -0.25) is 4.90 Å². The topological polar surface area (TPSA) is 3.24 Å². The Morgan fingerprint density at radius 2 is 1.39 bits per heavy atom. The fourth-order valence-corrected chi connectivity index (χ4v) is 4.97. The van der Waals surface area contributed by atoms with Gasteiger partial charge in [0.1, 0.15) is 17.3 Å². The van der Waals surface area contributed by atoms with Crippen LogP contribution in [0.25, 0.3) is 0 Å². The van der Waals surface area contributed by atoms with Gasteiger partial charge in [0.15, 0.2) is 0 Å². The van der Waals surface area contributed by atoms with Crippen molar-refractivity contribution in [2.45, 2.75) is 31.5 Å². The quantitative estimate of drug-likeness (QED) is 0.390. The van der Waals surface area contributed by atoms with E-state index in [1.807, 2.05) is 42.5 Å². The van der Waals surface area contributed by atoms with Gasteiger partial charge in [-0.1, -0.05) is 54.1 Å². The maximum Gasteiger partial charge on any atom is 0.126 e. The zero-order chi connectivity index (χ0) is 22.2. The Morgan fingerprint density at radius 3 is 1.94 bits per heavy atom. The molecule has 3 aromatic carbocycles. The molecule has 0 N–H and O–H groups in total. The van der Waals surface area contributed by atoms with E-state index in [9.17, 15) is 8.78 Å². The minimum atomic E-state index is -1.61. The van der Waals surface area contributed by atoms with Crippen LogP contribution in [0.2, 0.25) is 5.02 Å². The zero-order valence-electron chi connectivity index (χ0n) is 17.5. The third-order valence-electron chi connectivity index (χ3n) is 6.06. The van der Waals surface area contributed by atoms with Gasteiger partial charge < -0.3 is 0 Å². The molecule has 0 spiro atoms. The SMILES string of the molecule is CC(C)(F)[C@H](c1cc(F)cc(F)c1)C1CN(C(c2ccccc2)c2ccc(Cl)cc2)C1. The lowest BCUT2D eigenvalue weighted by molar-refractivity contribution is 0.00805. The van der Waals surface area contributed by atoms with Crippen LogP contribution in [0.15, 0.2) is 72.8 Å². The molecule has 1 fully saturated rings. The van der Waals surface area contributed by atoms with Crippen molar-refractivity contribution in [2.75, 3.05) is 13.1 Å². The van der Waals surface area contributed by atoms with Gasteiger partial charge in [0.05, 0.1) is 6.04 Å². The molecule has 1 nitrogen and oxygen atoms in total. The van der Waals surface area contributed by atoms with E-state index in [1.54, 1.807) is 0 Å². The standard InChI is InChI=1S/C26H25ClF3N/c1-26(2,30)24(19-12-22(28)14-23(29)13-19)20-15-31(16-20)25(17-6-4-3-5-7-17)18-8-10-21(27)11-9-18/h3-14,20,24-25H,15-16H2,1-2H3/t24-,25?/m1/s1. The molecule has 1 unspecified atom stereocenters. The Hall–Kier alpha value is -2.30. The number of rotatable bonds is 6. The summed E-state index contributed by atoms with van der Waals surface area (Å²) in [6.45, 7) is 4.21. The van der Waals surface area contributed by atoms with E-state index in [0.717, 1.165) is 17.2 Å². The van der Waals surface area contributed by atoms with Crippen LogP contribution in [0.5, 0.6) is 0 Å². The normalized spacial score (nSPS) is 17.2. The summed E-state index contributed by atoms with van der Waals surface area (Å²) in [5.74, 6) is -2.01. The van der Waals surface area contributed by atoms with Gasteiger partial charge >= 0.3 is 0 Å². The monoisotopic (exact) mass is 443 g/mol. The van der Waals surface area contributed by atoms with Crippen LogP contribution in [0, 0.1) is 17.6 Å². The first-order valence-electron chi connectivity index (χ1n) is 10.4. The van der Waals surface area contributed by atoms with Crippen LogP contribution in [0.3, 0.4) is 0 Å². The highest BCUT2D eigenvalue weighted by Gasteiger charge is 2.45. The minimum Gasteiger partial charge on any atom is -0.292 e. The van der Waals surface area contributed by atoms with Crippen LogP contribution in [0.1, 0.15) is 42.5 Å². The summed E-state index contributed by atoms with van der Waals surface area (Å²) in [6.07, 6.45) is 0. The van der Waals surface area contributed by atoms with Gasteiger partial charge in [0, 0.05) is 30.1 Å². The summed E-state index contributed by atoms with van der Waals surface area (Å²) in [5.41, 5.74) is 0.995. The molecule has 0 aliphatic carbocycles. The molecule has 0 radical (unpaired) electrons. The number of alkyl halides is 1. The highest BCUT2D eigenvalue weighted by molar-refractivity contribution is 6.30. The zero-order valence-corrected chi connectivity index (χ0v) is 18.3. The maximum absolute atomic E-state index is 15.2. The highest BCUT2D eigenvalue weighted by Crippen LogP contribution is 2.45. The molecular formula is C26H25ClF3N. The van der Waals surface area contributed by atoms with E-state index in [2.05, 4.69) is 17.0 Å². The first-order chi connectivity index (χ1) is 14.7. The van der Waals surface area contributed by atoms with Crippen LogP contribution in [-0.4, -0.2) is 23.7 Å². The van der Waals surface area contributed by atoms with Crippen molar-refractivity contribution in [2.24, 2.45) is 5.92 Å². The number of benzene rings is 3. The minimum absolute atomic E-state index is 0.00216. The Morgan fingerprint density at radius 1 is 0.839 bits per heavy atom. The summed E-state index contributed by atoms with van der Waals surface area (Å²) < 4.78 is 42.9. The third kappa shape index (κ3) is 4.81. The molecule has 162 valence electrons. The van der Waals surface area contributed by atoms with Crippen LogP contribution in [-0.2, 0) is 0 Å². The van der Waals surface area contributed by atoms with E-state index < -0.39 is 23.2 Å². The first-order valence-corrected chi connectivity index (χ1v) is 10.8. The Kier molecular flexibility index (Phi) is 6.14. The maximum atomic E-state index is 15.2. The molecule has 0 saturated carbocycles. The fourth-order valence-electron chi connectivity index (χ4n) is 4.85. The Balaban J connectivity index is 1.62. The van der Waals surface area contributed by atoms with Crippen LogP contribution in [0.4, 0.5) is 13.2 Å². The van der Waals surface area contributed by atoms with Gasteiger partial charge in [-0.15, -0.1) is 0 Å². The van der Waals surface area contributed by atoms with E-state index in [1.165, 1.54) is 26.0 Å². The van der Waals surface area contributed by atoms with E-state index in [-0.39, 0.29) is 12.0 Å². The third-order valence-corrected chi connectivity index (χ3v) is 6.31. The molecule has 5 heteroatoms. The predicted molar refractivity (Wildman–Crippen MR) is 119 cm³/mol. The smallest absolute Gasteiger partial charge is 0.126 e. The summed E-state index contributed by atoms with van der Waals surface area (Å²) >= 11 is 6.08. The summed E-state index contributed by atoms with van der Waals surface area (Å²) in [4.78, 5) is 2.28. The van der Waals surface area contributed by atoms with E-state index in [0.29, 0.717) is 23.7 Å². The number of halogens is 4. The van der Waals surface area contributed by atoms with Crippen molar-refractivity contribution in [1.29, 1.82) is 0 Å².